The van der Waals surface area contributed by atoms with Gasteiger partial charge in [-0.1, -0.05) is 5.22 Å². The van der Waals surface area contributed by atoms with Crippen LogP contribution < -0.4 is 5.53 Å². The van der Waals surface area contributed by atoms with Crippen molar-refractivity contribution >= 4 is 0 Å². The Labute approximate surface area is 123 Å². The number of nitrogens with one attached hydrogen (secondary N) is 3. The van der Waals surface area contributed by atoms with Gasteiger partial charge < -0.3 is 0 Å². The van der Waals surface area contributed by atoms with Crippen molar-refractivity contribution in [2.45, 2.75) is 6.17 Å². The second-order valence-electron chi connectivity index (χ2n) is 4.61. The fraction of sp³-hybridized carbons (Fsp3) is 0.200. The number of nitrogens with zero attached hydrogens (tertiary/aromatic N) is 9. The maximum atomic E-state index is 4.14. The predicted octanol–water partition coefficient (Wildman–Crippen LogP) is -0.137. The lowest BCUT2D eigenvalue weighted by Crippen LogP contribution is -2.27. The van der Waals surface area contributed by atoms with Gasteiger partial charge in [-0.05, 0) is 34.2 Å². The largest absolute Gasteiger partial charge is 0.220 e. The Morgan fingerprint density at radius 3 is 2.05 bits per heavy atom. The summed E-state index contributed by atoms with van der Waals surface area (Å²) in [6, 6.07) is 5.70. The third kappa shape index (κ3) is 2.07. The monoisotopic (exact) mass is 298 g/mol. The molecule has 2 aromatic heterocycles. The van der Waals surface area contributed by atoms with Crippen LogP contribution in [0.25, 0.3) is 22.8 Å². The first-order valence-corrected chi connectivity index (χ1v) is 6.32. The molecule has 1 aliphatic heterocycles. The van der Waals surface area contributed by atoms with E-state index in [2.05, 4.69) is 57.1 Å². The average molecular weight is 298 g/mol. The third-order valence-electron chi connectivity index (χ3n) is 3.20. The average Bonchev–Trinajstić information content (AvgIpc) is 3.29. The zero-order valence-electron chi connectivity index (χ0n) is 11.3. The molecule has 3 aromatic rings. The molecule has 0 saturated carbocycles. The fourth-order valence-corrected chi connectivity index (χ4v) is 2.20. The van der Waals surface area contributed by atoms with Crippen molar-refractivity contribution in [1.82, 2.24) is 51.8 Å². The molecule has 1 atom stereocenters. The Morgan fingerprint density at radius 2 is 1.59 bits per heavy atom. The summed E-state index contributed by atoms with van der Waals surface area (Å²) in [4.78, 5) is 0. The lowest BCUT2D eigenvalue weighted by molar-refractivity contribution is 0.222. The molecule has 0 aliphatic carbocycles. The molecule has 12 nitrogen and oxygen atoms in total. The smallest absolute Gasteiger partial charge is 0.204 e. The van der Waals surface area contributed by atoms with Crippen molar-refractivity contribution in [3.8, 4) is 22.8 Å². The molecule has 22 heavy (non-hydrogen) atoms. The second kappa shape index (κ2) is 4.92. The van der Waals surface area contributed by atoms with E-state index >= 15 is 0 Å². The van der Waals surface area contributed by atoms with E-state index in [4.69, 9.17) is 0 Å². The lowest BCUT2D eigenvalue weighted by Gasteiger charge is -2.16. The van der Waals surface area contributed by atoms with Crippen LogP contribution in [0.3, 0.4) is 0 Å². The molecule has 110 valence electrons. The van der Waals surface area contributed by atoms with E-state index in [1.54, 1.807) is 5.01 Å². The van der Waals surface area contributed by atoms with Gasteiger partial charge in [0.15, 0.2) is 6.17 Å². The van der Waals surface area contributed by atoms with Gasteiger partial charge in [-0.3, -0.25) is 0 Å². The summed E-state index contributed by atoms with van der Waals surface area (Å²) in [7, 11) is 1.85. The van der Waals surface area contributed by atoms with Crippen LogP contribution in [-0.2, 0) is 0 Å². The molecule has 0 amide bonds. The minimum atomic E-state index is -0.266. The number of tetrazole rings is 2. The summed E-state index contributed by atoms with van der Waals surface area (Å²) in [5.74, 6) is 0.939. The summed E-state index contributed by atoms with van der Waals surface area (Å²) in [5.41, 5.74) is 5.19. The number of aromatic amines is 2. The van der Waals surface area contributed by atoms with E-state index in [0.29, 0.717) is 11.6 Å². The van der Waals surface area contributed by atoms with Crippen LogP contribution in [0.1, 0.15) is 11.7 Å². The minimum absolute atomic E-state index is 0.266. The highest BCUT2D eigenvalue weighted by Crippen LogP contribution is 2.30. The third-order valence-corrected chi connectivity index (χ3v) is 3.20. The number of benzene rings is 1. The number of aromatic nitrogens is 8. The van der Waals surface area contributed by atoms with Gasteiger partial charge in [0.25, 0.3) is 0 Å². The van der Waals surface area contributed by atoms with E-state index in [1.807, 2.05) is 25.2 Å². The molecule has 1 aliphatic rings. The van der Waals surface area contributed by atoms with Gasteiger partial charge in [0.05, 0.1) is 0 Å². The molecule has 0 bridgehead atoms. The van der Waals surface area contributed by atoms with Crippen molar-refractivity contribution in [3.05, 3.63) is 23.8 Å². The second-order valence-corrected chi connectivity index (χ2v) is 4.61. The van der Waals surface area contributed by atoms with Crippen LogP contribution in [0, 0.1) is 0 Å². The Morgan fingerprint density at radius 1 is 0.955 bits per heavy atom. The van der Waals surface area contributed by atoms with E-state index < -0.39 is 0 Å². The van der Waals surface area contributed by atoms with Crippen LogP contribution in [0.5, 0.6) is 0 Å². The Balaban J connectivity index is 1.86. The first-order valence-electron chi connectivity index (χ1n) is 6.32. The van der Waals surface area contributed by atoms with Crippen molar-refractivity contribution in [3.63, 3.8) is 0 Å². The number of rotatable bonds is 3. The SMILES string of the molecule is CN1NN=NC1c1cc(-c2nn[nH]n2)cc(-c2nn[nH]n2)c1. The van der Waals surface area contributed by atoms with Gasteiger partial charge in [-0.25, -0.2) is 5.53 Å². The molecular formula is C10H10N12. The summed E-state index contributed by atoms with van der Waals surface area (Å²) in [6.45, 7) is 0. The van der Waals surface area contributed by atoms with Crippen LogP contribution in [-0.4, -0.2) is 53.3 Å². The maximum Gasteiger partial charge on any atom is 0.204 e. The van der Waals surface area contributed by atoms with E-state index in [0.717, 1.165) is 16.7 Å². The number of H-pyrrole nitrogens is 2. The van der Waals surface area contributed by atoms with Crippen molar-refractivity contribution in [2.75, 3.05) is 7.05 Å². The van der Waals surface area contributed by atoms with E-state index in [9.17, 15) is 0 Å². The molecule has 3 heterocycles. The van der Waals surface area contributed by atoms with Crippen LogP contribution >= 0.6 is 0 Å². The van der Waals surface area contributed by atoms with Gasteiger partial charge in [-0.15, -0.1) is 25.5 Å². The van der Waals surface area contributed by atoms with Gasteiger partial charge >= 0.3 is 0 Å². The van der Waals surface area contributed by atoms with Crippen molar-refractivity contribution in [2.24, 2.45) is 10.3 Å². The van der Waals surface area contributed by atoms with Gasteiger partial charge in [0.1, 0.15) is 0 Å². The summed E-state index contributed by atoms with van der Waals surface area (Å²) >= 11 is 0. The number of hydrazine groups is 1. The highest BCUT2D eigenvalue weighted by Gasteiger charge is 2.23. The number of hydrogen-bond acceptors (Lipinski definition) is 10. The zero-order chi connectivity index (χ0) is 14.9. The minimum Gasteiger partial charge on any atom is -0.220 e. The van der Waals surface area contributed by atoms with Gasteiger partial charge in [0, 0.05) is 18.2 Å². The quantitative estimate of drug-likeness (QED) is 0.605. The van der Waals surface area contributed by atoms with Crippen LogP contribution in [0.2, 0.25) is 0 Å². The molecule has 0 radical (unpaired) electrons. The Kier molecular flexibility index (Phi) is 2.79. The molecule has 0 saturated heterocycles. The highest BCUT2D eigenvalue weighted by atomic mass is 15.8. The van der Waals surface area contributed by atoms with Crippen LogP contribution in [0.4, 0.5) is 0 Å². The standard InChI is InChI=1S/C10H10N12/c1-22-10(15-20-21-22)7-3-5(8-11-16-17-12-8)2-6(4-7)9-13-18-19-14-9/h2-4,10H,1H3,(H,15,21)(H,11,12,16,17)(H,13,14,18,19). The first-order chi connectivity index (χ1) is 10.8. The molecule has 12 heteroatoms. The normalized spacial score (nSPS) is 17.8. The molecule has 0 fully saturated rings. The first kappa shape index (κ1) is 12.5. The Hall–Kier alpha value is -3.28. The molecular weight excluding hydrogens is 288 g/mol. The predicted molar refractivity (Wildman–Crippen MR) is 71.3 cm³/mol. The van der Waals surface area contributed by atoms with Crippen molar-refractivity contribution < 1.29 is 0 Å². The zero-order valence-corrected chi connectivity index (χ0v) is 11.3. The van der Waals surface area contributed by atoms with E-state index in [1.165, 1.54) is 0 Å². The van der Waals surface area contributed by atoms with E-state index in [-0.39, 0.29) is 6.17 Å². The summed E-state index contributed by atoms with van der Waals surface area (Å²) < 4.78 is 0. The molecule has 0 spiro atoms. The molecule has 1 unspecified atom stereocenters. The van der Waals surface area contributed by atoms with Crippen LogP contribution in [0.15, 0.2) is 28.5 Å². The number of hydrogen-bond donors (Lipinski definition) is 3. The fourth-order valence-electron chi connectivity index (χ4n) is 2.20. The topological polar surface area (TPSA) is 149 Å². The lowest BCUT2D eigenvalue weighted by atomic mass is 10.0. The highest BCUT2D eigenvalue weighted by molar-refractivity contribution is 5.67. The molecule has 3 N–H and O–H groups in total. The Bertz CT molecular complexity index is 739. The summed E-state index contributed by atoms with van der Waals surface area (Å²) in [5, 5.41) is 37.8. The molecule has 4 rings (SSSR count). The van der Waals surface area contributed by atoms with Crippen molar-refractivity contribution in [1.29, 1.82) is 0 Å². The summed E-state index contributed by atoms with van der Waals surface area (Å²) in [6.07, 6.45) is -0.266. The molecule has 1 aromatic carbocycles. The maximum absolute atomic E-state index is 4.14. The van der Waals surface area contributed by atoms with Gasteiger partial charge in [-0.2, -0.15) is 15.4 Å². The van der Waals surface area contributed by atoms with Gasteiger partial charge in [0.2, 0.25) is 11.6 Å².